The molecule has 6 atom stereocenters. The molecule has 1 saturated heterocycles. The van der Waals surface area contributed by atoms with Crippen LogP contribution in [0.4, 0.5) is 0 Å². The third-order valence-electron chi connectivity index (χ3n) is 9.88. The number of carbonyl (C=O) groups excluding carboxylic acids is 2. The maximum atomic E-state index is 12.8. The molecule has 0 aliphatic carbocycles. The van der Waals surface area contributed by atoms with Crippen molar-refractivity contribution in [2.75, 3.05) is 19.8 Å². The summed E-state index contributed by atoms with van der Waals surface area (Å²) >= 11 is 0. The zero-order chi connectivity index (χ0) is 41.6. The molecular weight excluding hydrogens is 725 g/mol. The molecular formula is C47H80O10. The third kappa shape index (κ3) is 29.3. The van der Waals surface area contributed by atoms with E-state index in [9.17, 15) is 30.0 Å². The lowest BCUT2D eigenvalue weighted by atomic mass is 9.99. The number of allylic oxidation sites excluding steroid dienone is 10. The van der Waals surface area contributed by atoms with Crippen LogP contribution in [0.3, 0.4) is 0 Å². The fourth-order valence-electron chi connectivity index (χ4n) is 6.28. The Kier molecular flexibility index (Phi) is 34.6. The van der Waals surface area contributed by atoms with Crippen LogP contribution in [-0.4, -0.2) is 89.0 Å². The zero-order valence-electron chi connectivity index (χ0n) is 35.6. The highest BCUT2D eigenvalue weighted by molar-refractivity contribution is 5.70. The van der Waals surface area contributed by atoms with Crippen LogP contribution in [0.25, 0.3) is 0 Å². The van der Waals surface area contributed by atoms with Crippen LogP contribution in [0.15, 0.2) is 60.8 Å². The molecule has 0 amide bonds. The molecule has 328 valence electrons. The Morgan fingerprint density at radius 2 is 0.982 bits per heavy atom. The normalized spacial score (nSPS) is 20.8. The van der Waals surface area contributed by atoms with Crippen molar-refractivity contribution in [3.8, 4) is 0 Å². The van der Waals surface area contributed by atoms with Gasteiger partial charge in [0.1, 0.15) is 31.0 Å². The van der Waals surface area contributed by atoms with Crippen molar-refractivity contribution in [3.63, 3.8) is 0 Å². The number of aliphatic hydroxyl groups excluding tert-OH is 4. The Labute approximate surface area is 345 Å². The van der Waals surface area contributed by atoms with E-state index in [1.54, 1.807) is 0 Å². The highest BCUT2D eigenvalue weighted by Gasteiger charge is 2.44. The molecule has 2 unspecified atom stereocenters. The van der Waals surface area contributed by atoms with Crippen LogP contribution in [-0.2, 0) is 28.5 Å². The van der Waals surface area contributed by atoms with E-state index >= 15 is 0 Å². The summed E-state index contributed by atoms with van der Waals surface area (Å²) < 4.78 is 22.1. The van der Waals surface area contributed by atoms with E-state index in [0.717, 1.165) is 64.2 Å². The highest BCUT2D eigenvalue weighted by atomic mass is 16.7. The third-order valence-corrected chi connectivity index (χ3v) is 9.88. The van der Waals surface area contributed by atoms with Gasteiger partial charge in [0.2, 0.25) is 0 Å². The maximum Gasteiger partial charge on any atom is 0.306 e. The average Bonchev–Trinajstić information content (AvgIpc) is 3.21. The van der Waals surface area contributed by atoms with Gasteiger partial charge in [0.25, 0.3) is 0 Å². The number of unbranched alkanes of at least 4 members (excludes halogenated alkanes) is 15. The first kappa shape index (κ1) is 52.4. The summed E-state index contributed by atoms with van der Waals surface area (Å²) in [7, 11) is 0. The first-order valence-electron chi connectivity index (χ1n) is 22.4. The summed E-state index contributed by atoms with van der Waals surface area (Å²) in [6.07, 6.45) is 37.9. The van der Waals surface area contributed by atoms with Crippen molar-refractivity contribution in [2.45, 2.75) is 205 Å². The SMILES string of the molecule is CCCCC/C=C/C/C=C/C/C=C/CCCCC(=O)OC[C@H](CO[C@@H]1O[C@H](CO)[C@H](O)C(O)C1O)OC(=O)CCCCCCCCC/C=C/C/C=C/CCCCC. The molecule has 10 heteroatoms. The summed E-state index contributed by atoms with van der Waals surface area (Å²) in [5, 5.41) is 40.1. The van der Waals surface area contributed by atoms with Gasteiger partial charge < -0.3 is 39.4 Å². The minimum atomic E-state index is -1.60. The summed E-state index contributed by atoms with van der Waals surface area (Å²) in [5.74, 6) is -0.864. The molecule has 4 N–H and O–H groups in total. The van der Waals surface area contributed by atoms with Crippen LogP contribution in [0.5, 0.6) is 0 Å². The molecule has 1 aliphatic heterocycles. The Morgan fingerprint density at radius 1 is 0.544 bits per heavy atom. The lowest BCUT2D eigenvalue weighted by Crippen LogP contribution is -2.59. The van der Waals surface area contributed by atoms with E-state index in [4.69, 9.17) is 18.9 Å². The number of hydrogen-bond donors (Lipinski definition) is 4. The second-order valence-electron chi connectivity index (χ2n) is 15.1. The molecule has 57 heavy (non-hydrogen) atoms. The van der Waals surface area contributed by atoms with Gasteiger partial charge in [0.05, 0.1) is 13.2 Å². The standard InChI is InChI=1S/C47H80O10/c1-3-5-7-9-11-13-15-17-19-20-22-24-26-28-30-32-34-36-43(50)56-40(39-55-47-46(53)45(52)44(51)41(37-48)57-47)38-54-42(49)35-33-31-29-27-25-23-21-18-16-14-12-10-8-6-4-2/h11-14,17-19,21,25,27,40-41,44-48,51-53H,3-10,15-16,20,22-24,26,28-39H2,1-2H3/b13-11+,14-12+,19-17+,21-18+,27-25+/t40-,41-,44+,45?,46?,47-/m1/s1. The lowest BCUT2D eigenvalue weighted by molar-refractivity contribution is -0.305. The average molecular weight is 805 g/mol. The Hall–Kier alpha value is -2.60. The second-order valence-corrected chi connectivity index (χ2v) is 15.1. The summed E-state index contributed by atoms with van der Waals surface area (Å²) in [4.78, 5) is 25.3. The molecule has 0 saturated carbocycles. The van der Waals surface area contributed by atoms with Gasteiger partial charge in [-0.25, -0.2) is 0 Å². The number of hydrogen-bond acceptors (Lipinski definition) is 10. The van der Waals surface area contributed by atoms with Crippen LogP contribution >= 0.6 is 0 Å². The molecule has 1 aliphatic rings. The minimum Gasteiger partial charge on any atom is -0.462 e. The van der Waals surface area contributed by atoms with E-state index in [1.165, 1.54) is 64.2 Å². The van der Waals surface area contributed by atoms with Gasteiger partial charge in [-0.05, 0) is 83.5 Å². The molecule has 0 radical (unpaired) electrons. The largest absolute Gasteiger partial charge is 0.462 e. The fraction of sp³-hybridized carbons (Fsp3) is 0.745. The molecule has 0 aromatic carbocycles. The van der Waals surface area contributed by atoms with Gasteiger partial charge in [0, 0.05) is 12.8 Å². The van der Waals surface area contributed by atoms with E-state index in [0.29, 0.717) is 12.8 Å². The monoisotopic (exact) mass is 805 g/mol. The first-order chi connectivity index (χ1) is 27.8. The van der Waals surface area contributed by atoms with Crippen molar-refractivity contribution < 1.29 is 49.0 Å². The predicted molar refractivity (Wildman–Crippen MR) is 228 cm³/mol. The lowest BCUT2D eigenvalue weighted by Gasteiger charge is -2.39. The van der Waals surface area contributed by atoms with Gasteiger partial charge in [-0.1, -0.05) is 132 Å². The quantitative estimate of drug-likeness (QED) is 0.0274. The number of esters is 2. The summed E-state index contributed by atoms with van der Waals surface area (Å²) in [6, 6.07) is 0. The highest BCUT2D eigenvalue weighted by Crippen LogP contribution is 2.22. The number of carbonyl (C=O) groups is 2. The van der Waals surface area contributed by atoms with Crippen LogP contribution < -0.4 is 0 Å². The molecule has 1 fully saturated rings. The van der Waals surface area contributed by atoms with Gasteiger partial charge in [-0.2, -0.15) is 0 Å². The van der Waals surface area contributed by atoms with E-state index in [1.807, 2.05) is 0 Å². The molecule has 0 spiro atoms. The van der Waals surface area contributed by atoms with E-state index < -0.39 is 55.4 Å². The minimum absolute atomic E-state index is 0.210. The second kappa shape index (κ2) is 37.7. The number of aliphatic hydroxyl groups is 4. The van der Waals surface area contributed by atoms with Crippen LogP contribution in [0, 0.1) is 0 Å². The molecule has 0 bridgehead atoms. The van der Waals surface area contributed by atoms with Crippen LogP contribution in [0.1, 0.15) is 168 Å². The fourth-order valence-corrected chi connectivity index (χ4v) is 6.28. The van der Waals surface area contributed by atoms with Crippen LogP contribution in [0.2, 0.25) is 0 Å². The van der Waals surface area contributed by atoms with Crippen molar-refractivity contribution in [2.24, 2.45) is 0 Å². The zero-order valence-corrected chi connectivity index (χ0v) is 35.6. The predicted octanol–water partition coefficient (Wildman–Crippen LogP) is 9.44. The van der Waals surface area contributed by atoms with Gasteiger partial charge in [-0.3, -0.25) is 9.59 Å². The Balaban J connectivity index is 2.37. The molecule has 10 nitrogen and oxygen atoms in total. The maximum absolute atomic E-state index is 12.8. The molecule has 0 aromatic heterocycles. The van der Waals surface area contributed by atoms with Gasteiger partial charge in [0.15, 0.2) is 12.4 Å². The summed E-state index contributed by atoms with van der Waals surface area (Å²) in [6.45, 7) is 3.31. The van der Waals surface area contributed by atoms with Crippen molar-refractivity contribution in [1.82, 2.24) is 0 Å². The molecule has 1 rings (SSSR count). The smallest absolute Gasteiger partial charge is 0.306 e. The van der Waals surface area contributed by atoms with E-state index in [2.05, 4.69) is 74.6 Å². The van der Waals surface area contributed by atoms with Crippen molar-refractivity contribution >= 4 is 11.9 Å². The van der Waals surface area contributed by atoms with Crippen molar-refractivity contribution in [3.05, 3.63) is 60.8 Å². The van der Waals surface area contributed by atoms with Gasteiger partial charge >= 0.3 is 11.9 Å². The first-order valence-corrected chi connectivity index (χ1v) is 22.4. The number of rotatable bonds is 36. The summed E-state index contributed by atoms with van der Waals surface area (Å²) in [5.41, 5.74) is 0. The molecule has 0 aromatic rings. The Bertz CT molecular complexity index is 1110. The van der Waals surface area contributed by atoms with Gasteiger partial charge in [-0.15, -0.1) is 0 Å². The number of ether oxygens (including phenoxy) is 4. The Morgan fingerprint density at radius 3 is 1.51 bits per heavy atom. The topological polar surface area (TPSA) is 152 Å². The van der Waals surface area contributed by atoms with E-state index in [-0.39, 0.29) is 26.1 Å². The van der Waals surface area contributed by atoms with Crippen molar-refractivity contribution in [1.29, 1.82) is 0 Å². The molecule has 1 heterocycles.